The van der Waals surface area contributed by atoms with Crippen molar-refractivity contribution in [3.63, 3.8) is 0 Å². The summed E-state index contributed by atoms with van der Waals surface area (Å²) in [6.45, 7) is 0. The second-order valence-corrected chi connectivity index (χ2v) is 6.43. The van der Waals surface area contributed by atoms with Gasteiger partial charge in [-0.3, -0.25) is 0 Å². The van der Waals surface area contributed by atoms with Gasteiger partial charge in [-0.15, -0.1) is 0 Å². The van der Waals surface area contributed by atoms with Crippen molar-refractivity contribution in [2.24, 2.45) is 0 Å². The zero-order chi connectivity index (χ0) is 6.41. The maximum absolute atomic E-state index is 11.2. The summed E-state index contributed by atoms with van der Waals surface area (Å²) in [5, 5.41) is 0. The molecular formula is H4F6PSb. The Balaban J connectivity index is 0. The summed E-state index contributed by atoms with van der Waals surface area (Å²) in [5.41, 5.74) is 0. The van der Waals surface area contributed by atoms with Gasteiger partial charge < -0.3 is 0 Å². The molecule has 0 saturated heterocycles. The third-order valence-electron chi connectivity index (χ3n) is 0. The summed E-state index contributed by atoms with van der Waals surface area (Å²) in [4.78, 5) is 0. The van der Waals surface area contributed by atoms with Crippen LogP contribution in [0.2, 0.25) is 0 Å². The fraction of sp³-hybridized carbons (Fsp3) is 0. The van der Waals surface area contributed by atoms with Gasteiger partial charge in [-0.2, -0.15) is 0 Å². The van der Waals surface area contributed by atoms with Gasteiger partial charge in [0.2, 0.25) is 0 Å². The van der Waals surface area contributed by atoms with Crippen LogP contribution in [0.3, 0.4) is 0 Å². The van der Waals surface area contributed by atoms with Crippen molar-refractivity contribution >= 4 is 29.4 Å². The molecule has 0 aromatic rings. The third-order valence-corrected chi connectivity index (χ3v) is 0. The van der Waals surface area contributed by atoms with Crippen molar-refractivity contribution in [3.05, 3.63) is 0 Å². The second-order valence-electron chi connectivity index (χ2n) is 0.958. The van der Waals surface area contributed by atoms with Gasteiger partial charge in [0, 0.05) is 0 Å². The van der Waals surface area contributed by atoms with E-state index in [1.165, 1.54) is 0 Å². The number of hydrogen-bond donors (Lipinski definition) is 0. The minimum absolute atomic E-state index is 0. The van der Waals surface area contributed by atoms with E-state index in [4.69, 9.17) is 0 Å². The Morgan fingerprint density at radius 2 is 0.625 bits per heavy atom. The minimum atomic E-state index is -11.2. The predicted octanol–water partition coefficient (Wildman–Crippen LogP) is 1.93. The van der Waals surface area contributed by atoms with Crippen molar-refractivity contribution < 1.29 is 16.9 Å². The molecule has 56 valence electrons. The molecule has 0 rings (SSSR count). The Morgan fingerprint density at radius 3 is 0.625 bits per heavy atom. The Hall–Kier alpha value is 0.828. The van der Waals surface area contributed by atoms with Crippen molar-refractivity contribution in [3.8, 4) is 0 Å². The van der Waals surface area contributed by atoms with Gasteiger partial charge in [0.15, 0.2) is 0 Å². The molecule has 0 N–H and O–H groups in total. The van der Waals surface area contributed by atoms with Crippen LogP contribution < -0.4 is 0 Å². The van der Waals surface area contributed by atoms with Crippen LogP contribution in [-0.2, 0) is 0 Å². The minimum Gasteiger partial charge on any atom is -0.0395 e. The van der Waals surface area contributed by atoms with Gasteiger partial charge in [0.05, 0.1) is 0 Å². The van der Waals surface area contributed by atoms with Crippen molar-refractivity contribution in [1.82, 2.24) is 0 Å². The number of rotatable bonds is 0. The predicted molar refractivity (Wildman–Crippen MR) is 24.9 cm³/mol. The smallest absolute Gasteiger partial charge is 0.0395 e. The molecule has 8 heteroatoms. The molecule has 0 heterocycles. The average molecular weight is 271 g/mol. The van der Waals surface area contributed by atoms with Crippen LogP contribution in [0.4, 0.5) is 16.9 Å². The van der Waals surface area contributed by atoms with Crippen molar-refractivity contribution in [2.75, 3.05) is 0 Å². The first-order chi connectivity index (χ1) is 2.45. The Bertz CT molecular complexity index is 67.1. The van der Waals surface area contributed by atoms with Gasteiger partial charge in [0.25, 0.3) is 0 Å². The summed E-state index contributed by atoms with van der Waals surface area (Å²) in [5.74, 6) is 0. The molecule has 1 unspecified atom stereocenters. The van der Waals surface area contributed by atoms with Gasteiger partial charge in [-0.25, -0.2) is 0 Å². The van der Waals surface area contributed by atoms with E-state index in [2.05, 4.69) is 0 Å². The molecule has 0 radical (unpaired) electrons. The molecule has 1 atom stereocenters. The first kappa shape index (κ1) is 11.6. The molecule has 0 bridgehead atoms. The van der Waals surface area contributed by atoms with E-state index >= 15 is 0 Å². The van der Waals surface area contributed by atoms with E-state index in [0.29, 0.717) is 0 Å². The molecule has 0 aliphatic carbocycles. The molecule has 0 aromatic heterocycles. The molecule has 0 spiro atoms. The zero-order valence-electron chi connectivity index (χ0n) is 3.72. The Morgan fingerprint density at radius 1 is 0.625 bits per heavy atom. The summed E-state index contributed by atoms with van der Waals surface area (Å²) < 4.78 is 59.6. The monoisotopic (exact) mass is 270 g/mol. The SMILES string of the molecule is [F][Sb-]([F])([F])([F])([F])[F].[PH4+]. The van der Waals surface area contributed by atoms with Crippen LogP contribution in [0, 0.1) is 0 Å². The zero-order valence-corrected chi connectivity index (χ0v) is 8.27. The number of hydrogen-bond acceptors (Lipinski definition) is 0. The standard InChI is InChI=1S/6FH.H3P.Sb/h6*1H;1H3;/q;;;;;;;+5/p-5. The quantitative estimate of drug-likeness (QED) is 0.358. The molecule has 0 amide bonds. The summed E-state index contributed by atoms with van der Waals surface area (Å²) in [7, 11) is 0. The molecule has 0 nitrogen and oxygen atoms in total. The van der Waals surface area contributed by atoms with E-state index in [1.807, 2.05) is 0 Å². The molecule has 8 heavy (non-hydrogen) atoms. The van der Waals surface area contributed by atoms with E-state index in [0.717, 1.165) is 0 Å². The van der Waals surface area contributed by atoms with E-state index in [1.54, 1.807) is 0 Å². The first-order valence-corrected chi connectivity index (χ1v) is 6.80. The molecule has 0 aliphatic rings. The van der Waals surface area contributed by atoms with Crippen LogP contribution >= 0.6 is 9.90 Å². The molecular weight excluding hydrogens is 267 g/mol. The average Bonchev–Trinajstić information content (AvgIpc) is 0.592. The number of halogens is 6. The first-order valence-electron chi connectivity index (χ1n) is 1.01. The maximum atomic E-state index is 9.93. The Labute approximate surface area is 46.8 Å². The summed E-state index contributed by atoms with van der Waals surface area (Å²) >= 11 is -11.2. The van der Waals surface area contributed by atoms with Gasteiger partial charge >= 0.3 is 36.4 Å². The molecule has 0 aromatic carbocycles. The van der Waals surface area contributed by atoms with Crippen molar-refractivity contribution in [1.29, 1.82) is 0 Å². The topological polar surface area (TPSA) is 0 Å². The summed E-state index contributed by atoms with van der Waals surface area (Å²) in [6.07, 6.45) is 0. The molecule has 0 saturated carbocycles. The Kier molecular flexibility index (Phi) is 2.11. The van der Waals surface area contributed by atoms with Gasteiger partial charge in [-0.1, -0.05) is 0 Å². The maximum Gasteiger partial charge on any atom is -0.0395 e. The van der Waals surface area contributed by atoms with Crippen LogP contribution in [0.5, 0.6) is 0 Å². The van der Waals surface area contributed by atoms with Crippen LogP contribution in [0.15, 0.2) is 0 Å². The fourth-order valence-electron chi connectivity index (χ4n) is 0. The second kappa shape index (κ2) is 1.46. The van der Waals surface area contributed by atoms with E-state index in [-0.39, 0.29) is 9.90 Å². The van der Waals surface area contributed by atoms with E-state index < -0.39 is 19.5 Å². The molecule has 0 fully saturated rings. The van der Waals surface area contributed by atoms with Gasteiger partial charge in [-0.05, 0) is 9.90 Å². The van der Waals surface area contributed by atoms with Crippen LogP contribution in [0.25, 0.3) is 0 Å². The third kappa shape index (κ3) is 338. The normalized spacial score (nSPS) is 20.2. The fourth-order valence-corrected chi connectivity index (χ4v) is 0. The van der Waals surface area contributed by atoms with Crippen LogP contribution in [0.1, 0.15) is 0 Å². The van der Waals surface area contributed by atoms with E-state index in [9.17, 15) is 16.9 Å². The summed E-state index contributed by atoms with van der Waals surface area (Å²) in [6, 6.07) is 0. The molecule has 0 aliphatic heterocycles. The van der Waals surface area contributed by atoms with Crippen LogP contribution in [-0.4, -0.2) is 19.5 Å². The largest absolute Gasteiger partial charge is 0.0395 e. The van der Waals surface area contributed by atoms with Gasteiger partial charge in [0.1, 0.15) is 0 Å². The van der Waals surface area contributed by atoms with Crippen molar-refractivity contribution in [2.45, 2.75) is 0 Å².